The molecule has 0 aromatic rings. The monoisotopic (exact) mass is 244 g/mol. The van der Waals surface area contributed by atoms with Crippen LogP contribution in [-0.2, 0) is 0 Å². The van der Waals surface area contributed by atoms with Gasteiger partial charge in [0, 0.05) is 12.1 Å². The van der Waals surface area contributed by atoms with E-state index in [1.807, 2.05) is 11.9 Å². The van der Waals surface area contributed by atoms with E-state index in [9.17, 15) is 0 Å². The molecule has 0 bridgehead atoms. The highest BCUT2D eigenvalue weighted by Gasteiger charge is 2.36. The molecule has 3 atom stereocenters. The molecule has 1 saturated heterocycles. The molecule has 0 saturated carbocycles. The molecule has 16 heavy (non-hydrogen) atoms. The molecule has 0 radical (unpaired) electrons. The lowest BCUT2D eigenvalue weighted by atomic mass is 9.99. The van der Waals surface area contributed by atoms with Crippen LogP contribution in [0.3, 0.4) is 0 Å². The van der Waals surface area contributed by atoms with Gasteiger partial charge in [-0.15, -0.1) is 0 Å². The van der Waals surface area contributed by atoms with Crippen molar-refractivity contribution < 1.29 is 0 Å². The average Bonchev–Trinajstić information content (AvgIpc) is 2.59. The zero-order valence-corrected chi connectivity index (χ0v) is 12.1. The van der Waals surface area contributed by atoms with Gasteiger partial charge < -0.3 is 0 Å². The number of hydrogen-bond acceptors (Lipinski definition) is 3. The van der Waals surface area contributed by atoms with Gasteiger partial charge in [0.2, 0.25) is 0 Å². The van der Waals surface area contributed by atoms with E-state index in [0.717, 1.165) is 6.04 Å². The third-order valence-corrected chi connectivity index (χ3v) is 4.57. The van der Waals surface area contributed by atoms with E-state index in [2.05, 4.69) is 36.6 Å². The van der Waals surface area contributed by atoms with Crippen LogP contribution in [0.2, 0.25) is 0 Å². The SMILES string of the molecule is CCCCC1NC(C)N(SC)C1CCCC. The van der Waals surface area contributed by atoms with E-state index in [1.54, 1.807) is 0 Å². The van der Waals surface area contributed by atoms with Crippen molar-refractivity contribution in [1.82, 2.24) is 9.62 Å². The van der Waals surface area contributed by atoms with E-state index in [-0.39, 0.29) is 0 Å². The summed E-state index contributed by atoms with van der Waals surface area (Å²) in [5, 5.41) is 3.75. The molecule has 0 aromatic heterocycles. The van der Waals surface area contributed by atoms with Crippen LogP contribution in [0.4, 0.5) is 0 Å². The lowest BCUT2D eigenvalue weighted by molar-refractivity contribution is 0.331. The third-order valence-electron chi connectivity index (χ3n) is 3.56. The molecule has 0 aromatic carbocycles. The molecular weight excluding hydrogens is 216 g/mol. The van der Waals surface area contributed by atoms with Gasteiger partial charge in [-0.05, 0) is 26.0 Å². The van der Waals surface area contributed by atoms with Gasteiger partial charge in [-0.1, -0.05) is 51.5 Å². The zero-order valence-electron chi connectivity index (χ0n) is 11.3. The topological polar surface area (TPSA) is 15.3 Å². The molecular formula is C13H28N2S. The Bertz CT molecular complexity index is 187. The Morgan fingerprint density at radius 2 is 1.75 bits per heavy atom. The Labute approximate surface area is 106 Å². The van der Waals surface area contributed by atoms with Crippen molar-refractivity contribution in [2.75, 3.05) is 6.26 Å². The van der Waals surface area contributed by atoms with Crippen molar-refractivity contribution in [2.45, 2.75) is 77.5 Å². The van der Waals surface area contributed by atoms with Gasteiger partial charge in [0.25, 0.3) is 0 Å². The molecule has 1 rings (SSSR count). The lowest BCUT2D eigenvalue weighted by Gasteiger charge is -2.26. The maximum Gasteiger partial charge on any atom is 0.0673 e. The molecule has 1 heterocycles. The van der Waals surface area contributed by atoms with Crippen LogP contribution in [0.25, 0.3) is 0 Å². The molecule has 1 N–H and O–H groups in total. The number of hydrogen-bond donors (Lipinski definition) is 1. The summed E-state index contributed by atoms with van der Waals surface area (Å²) in [5.74, 6) is 0. The maximum absolute atomic E-state index is 3.75. The molecule has 1 aliphatic heterocycles. The summed E-state index contributed by atoms with van der Waals surface area (Å²) in [7, 11) is 0. The van der Waals surface area contributed by atoms with Gasteiger partial charge in [-0.2, -0.15) is 0 Å². The number of rotatable bonds is 7. The first-order valence-electron chi connectivity index (χ1n) is 6.83. The minimum atomic E-state index is 0.540. The second kappa shape index (κ2) is 7.57. The van der Waals surface area contributed by atoms with Gasteiger partial charge in [0.1, 0.15) is 0 Å². The number of nitrogens with one attached hydrogen (secondary N) is 1. The summed E-state index contributed by atoms with van der Waals surface area (Å²) in [6.45, 7) is 6.86. The minimum Gasteiger partial charge on any atom is -0.297 e. The summed E-state index contributed by atoms with van der Waals surface area (Å²) >= 11 is 1.91. The first kappa shape index (κ1) is 14.3. The highest BCUT2D eigenvalue weighted by Crippen LogP contribution is 2.29. The average molecular weight is 244 g/mol. The maximum atomic E-state index is 3.75. The third kappa shape index (κ3) is 3.64. The van der Waals surface area contributed by atoms with Gasteiger partial charge >= 0.3 is 0 Å². The molecule has 3 heteroatoms. The predicted octanol–water partition coefficient (Wildman–Crippen LogP) is 3.63. The summed E-state index contributed by atoms with van der Waals surface area (Å²) in [5.41, 5.74) is 0. The van der Waals surface area contributed by atoms with Gasteiger partial charge in [-0.3, -0.25) is 5.32 Å². The van der Waals surface area contributed by atoms with Crippen molar-refractivity contribution in [3.05, 3.63) is 0 Å². The summed E-state index contributed by atoms with van der Waals surface area (Å²) in [6.07, 6.45) is 10.8. The first-order valence-corrected chi connectivity index (χ1v) is 8.01. The predicted molar refractivity (Wildman–Crippen MR) is 74.6 cm³/mol. The Hall–Kier alpha value is 0.270. The fraction of sp³-hybridized carbons (Fsp3) is 1.00. The second-order valence-corrected chi connectivity index (χ2v) is 5.63. The van der Waals surface area contributed by atoms with Crippen LogP contribution >= 0.6 is 11.9 Å². The van der Waals surface area contributed by atoms with Crippen LogP contribution in [0.15, 0.2) is 0 Å². The molecule has 2 nitrogen and oxygen atoms in total. The summed E-state index contributed by atoms with van der Waals surface area (Å²) < 4.78 is 2.57. The normalized spacial score (nSPS) is 31.1. The summed E-state index contributed by atoms with van der Waals surface area (Å²) in [6, 6.07) is 1.46. The Kier molecular flexibility index (Phi) is 6.78. The molecule has 0 spiro atoms. The molecule has 96 valence electrons. The molecule has 1 aliphatic rings. The zero-order chi connectivity index (χ0) is 12.0. The van der Waals surface area contributed by atoms with Gasteiger partial charge in [0.15, 0.2) is 0 Å². The van der Waals surface area contributed by atoms with Crippen LogP contribution < -0.4 is 5.32 Å². The number of unbranched alkanes of at least 4 members (excludes halogenated alkanes) is 2. The Balaban J connectivity index is 2.52. The van der Waals surface area contributed by atoms with Crippen LogP contribution in [0.5, 0.6) is 0 Å². The van der Waals surface area contributed by atoms with Crippen LogP contribution in [0, 0.1) is 0 Å². The van der Waals surface area contributed by atoms with Crippen LogP contribution in [-0.4, -0.2) is 28.8 Å². The van der Waals surface area contributed by atoms with Crippen LogP contribution in [0.1, 0.15) is 59.3 Å². The van der Waals surface area contributed by atoms with Crippen molar-refractivity contribution in [3.63, 3.8) is 0 Å². The van der Waals surface area contributed by atoms with Crippen molar-refractivity contribution in [1.29, 1.82) is 0 Å². The van der Waals surface area contributed by atoms with E-state index in [4.69, 9.17) is 0 Å². The first-order chi connectivity index (χ1) is 7.74. The van der Waals surface area contributed by atoms with E-state index in [0.29, 0.717) is 12.2 Å². The molecule has 1 fully saturated rings. The van der Waals surface area contributed by atoms with Crippen molar-refractivity contribution in [2.24, 2.45) is 0 Å². The van der Waals surface area contributed by atoms with Crippen molar-refractivity contribution >= 4 is 11.9 Å². The summed E-state index contributed by atoms with van der Waals surface area (Å²) in [4.78, 5) is 0. The van der Waals surface area contributed by atoms with Gasteiger partial charge in [-0.25, -0.2) is 4.31 Å². The highest BCUT2D eigenvalue weighted by molar-refractivity contribution is 7.96. The van der Waals surface area contributed by atoms with Gasteiger partial charge in [0.05, 0.1) is 6.17 Å². The largest absolute Gasteiger partial charge is 0.297 e. The van der Waals surface area contributed by atoms with E-state index >= 15 is 0 Å². The fourth-order valence-corrected chi connectivity index (χ4v) is 3.59. The van der Waals surface area contributed by atoms with E-state index < -0.39 is 0 Å². The number of nitrogens with zero attached hydrogens (tertiary/aromatic N) is 1. The minimum absolute atomic E-state index is 0.540. The standard InChI is InChI=1S/C13H28N2S/c1-5-7-9-12-13(10-8-6-2)15(16-4)11(3)14-12/h11-14H,5-10H2,1-4H3. The van der Waals surface area contributed by atoms with Crippen molar-refractivity contribution in [3.8, 4) is 0 Å². The Morgan fingerprint density at radius 3 is 2.31 bits per heavy atom. The highest BCUT2D eigenvalue weighted by atomic mass is 32.2. The second-order valence-electron chi connectivity index (χ2n) is 4.84. The fourth-order valence-electron chi connectivity index (χ4n) is 2.69. The van der Waals surface area contributed by atoms with E-state index in [1.165, 1.54) is 38.5 Å². The molecule has 0 amide bonds. The molecule has 0 aliphatic carbocycles. The quantitative estimate of drug-likeness (QED) is 0.688. The molecule has 3 unspecified atom stereocenters. The lowest BCUT2D eigenvalue weighted by Crippen LogP contribution is -2.33. The Morgan fingerprint density at radius 1 is 1.12 bits per heavy atom. The smallest absolute Gasteiger partial charge is 0.0673 e.